The van der Waals surface area contributed by atoms with Gasteiger partial charge >= 0.3 is 17.1 Å². The molecule has 9 heteroatoms. The summed E-state index contributed by atoms with van der Waals surface area (Å²) in [5.74, 6) is 1.51. The van der Waals surface area contributed by atoms with Crippen molar-refractivity contribution in [2.24, 2.45) is 0 Å². The monoisotopic (exact) mass is 474 g/mol. The molecule has 0 aliphatic heterocycles. The summed E-state index contributed by atoms with van der Waals surface area (Å²) in [6.07, 6.45) is 0. The number of ether oxygens (including phenoxy) is 2. The van der Waals surface area contributed by atoms with E-state index in [9.17, 15) is 0 Å². The Morgan fingerprint density at radius 3 is 1.24 bits per heavy atom. The van der Waals surface area contributed by atoms with Crippen molar-refractivity contribution in [3.8, 4) is 11.5 Å². The van der Waals surface area contributed by atoms with Crippen LogP contribution in [0.4, 0.5) is 0 Å². The maximum absolute atomic E-state index is 6.81. The Morgan fingerprint density at radius 1 is 0.655 bits per heavy atom. The van der Waals surface area contributed by atoms with Crippen molar-refractivity contribution < 1.29 is 22.4 Å². The Kier molecular flexibility index (Phi) is 9.48. The predicted octanol–water partition coefficient (Wildman–Crippen LogP) is 3.35. The molecule has 0 heterocycles. The van der Waals surface area contributed by atoms with Crippen LogP contribution in [0.1, 0.15) is 13.8 Å². The SMILES string of the molecule is CCO[Si](CCl)(O[Si](CCl)(OCC)c1ccc(OC)cc1)c1ccc(OC)cc1. The fourth-order valence-corrected chi connectivity index (χ4v) is 12.5. The zero-order chi connectivity index (χ0) is 21.3. The van der Waals surface area contributed by atoms with Crippen LogP contribution in [0.25, 0.3) is 0 Å². The third-order valence-corrected chi connectivity index (χ3v) is 13.9. The molecule has 0 bridgehead atoms. The van der Waals surface area contributed by atoms with E-state index in [1.165, 1.54) is 0 Å². The lowest BCUT2D eigenvalue weighted by atomic mass is 10.3. The molecule has 0 radical (unpaired) electrons. The summed E-state index contributed by atoms with van der Waals surface area (Å²) in [5, 5.41) is 1.82. The molecule has 0 saturated carbocycles. The first kappa shape index (κ1) is 24.2. The van der Waals surface area contributed by atoms with Crippen LogP contribution < -0.4 is 19.8 Å². The minimum Gasteiger partial charge on any atom is -0.497 e. The fraction of sp³-hybridized carbons (Fsp3) is 0.400. The van der Waals surface area contributed by atoms with Crippen LogP contribution in [-0.2, 0) is 13.0 Å². The van der Waals surface area contributed by atoms with Crippen molar-refractivity contribution in [1.29, 1.82) is 0 Å². The fourth-order valence-electron chi connectivity index (χ4n) is 3.05. The molecule has 29 heavy (non-hydrogen) atoms. The predicted molar refractivity (Wildman–Crippen MR) is 123 cm³/mol. The van der Waals surface area contributed by atoms with Gasteiger partial charge in [-0.3, -0.25) is 0 Å². The molecule has 0 amide bonds. The van der Waals surface area contributed by atoms with Gasteiger partial charge in [0.15, 0.2) is 0 Å². The van der Waals surface area contributed by atoms with E-state index in [4.69, 9.17) is 45.6 Å². The lowest BCUT2D eigenvalue weighted by Gasteiger charge is -2.39. The summed E-state index contributed by atoms with van der Waals surface area (Å²) >= 11 is 13.0. The lowest BCUT2D eigenvalue weighted by molar-refractivity contribution is 0.215. The average molecular weight is 476 g/mol. The molecule has 0 fully saturated rings. The van der Waals surface area contributed by atoms with E-state index in [-0.39, 0.29) is 11.0 Å². The van der Waals surface area contributed by atoms with Gasteiger partial charge in [-0.25, -0.2) is 0 Å². The Morgan fingerprint density at radius 2 is 1.00 bits per heavy atom. The molecule has 2 unspecified atom stereocenters. The van der Waals surface area contributed by atoms with E-state index in [1.54, 1.807) is 14.2 Å². The van der Waals surface area contributed by atoms with Gasteiger partial charge in [0.1, 0.15) is 11.5 Å². The van der Waals surface area contributed by atoms with Crippen LogP contribution in [0, 0.1) is 0 Å². The normalized spacial score (nSPS) is 15.4. The maximum atomic E-state index is 6.81. The third-order valence-electron chi connectivity index (χ3n) is 4.50. The molecule has 0 saturated heterocycles. The van der Waals surface area contributed by atoms with Gasteiger partial charge in [-0.15, -0.1) is 23.2 Å². The smallest absolute Gasteiger partial charge is 0.379 e. The van der Waals surface area contributed by atoms with Gasteiger partial charge in [0.2, 0.25) is 0 Å². The van der Waals surface area contributed by atoms with Crippen molar-refractivity contribution in [1.82, 2.24) is 0 Å². The zero-order valence-electron chi connectivity index (χ0n) is 17.2. The summed E-state index contributed by atoms with van der Waals surface area (Å²) in [6, 6.07) is 15.3. The van der Waals surface area contributed by atoms with E-state index >= 15 is 0 Å². The summed E-state index contributed by atoms with van der Waals surface area (Å²) in [7, 11) is -2.84. The van der Waals surface area contributed by atoms with Crippen molar-refractivity contribution in [3.05, 3.63) is 48.5 Å². The molecular weight excluding hydrogens is 447 g/mol. The molecule has 160 valence electrons. The maximum Gasteiger partial charge on any atom is 0.379 e. The van der Waals surface area contributed by atoms with Crippen molar-refractivity contribution in [2.75, 3.05) is 38.4 Å². The van der Waals surface area contributed by atoms with E-state index in [0.29, 0.717) is 13.2 Å². The second-order valence-electron chi connectivity index (χ2n) is 6.20. The van der Waals surface area contributed by atoms with Crippen molar-refractivity contribution >= 4 is 50.7 Å². The van der Waals surface area contributed by atoms with Gasteiger partial charge < -0.3 is 22.4 Å². The Labute approximate surface area is 185 Å². The van der Waals surface area contributed by atoms with Gasteiger partial charge in [0.25, 0.3) is 0 Å². The van der Waals surface area contributed by atoms with E-state index in [1.807, 2.05) is 62.4 Å². The van der Waals surface area contributed by atoms with Crippen LogP contribution in [0.15, 0.2) is 48.5 Å². The molecule has 2 atom stereocenters. The topological polar surface area (TPSA) is 46.2 Å². The summed E-state index contributed by atoms with van der Waals surface area (Å²) < 4.78 is 29.8. The molecule has 2 aromatic carbocycles. The van der Waals surface area contributed by atoms with Crippen LogP contribution in [0.3, 0.4) is 0 Å². The second-order valence-corrected chi connectivity index (χ2v) is 13.9. The summed E-state index contributed by atoms with van der Waals surface area (Å²) in [6.45, 7) is 4.79. The minimum absolute atomic E-state index is 0.210. The first-order valence-electron chi connectivity index (χ1n) is 9.42. The molecule has 0 aliphatic rings. The molecule has 2 aromatic rings. The van der Waals surface area contributed by atoms with Gasteiger partial charge in [0.05, 0.1) is 25.2 Å². The number of hydrogen-bond donors (Lipinski definition) is 0. The molecule has 0 N–H and O–H groups in total. The zero-order valence-corrected chi connectivity index (χ0v) is 20.8. The largest absolute Gasteiger partial charge is 0.497 e. The van der Waals surface area contributed by atoms with Gasteiger partial charge in [0, 0.05) is 13.2 Å². The van der Waals surface area contributed by atoms with Gasteiger partial charge in [-0.2, -0.15) is 0 Å². The molecule has 0 aromatic heterocycles. The molecule has 0 aliphatic carbocycles. The quantitative estimate of drug-likeness (QED) is 0.348. The molecule has 2 rings (SSSR count). The summed E-state index contributed by atoms with van der Waals surface area (Å²) in [4.78, 5) is 0. The number of benzene rings is 2. The number of halogens is 2. The van der Waals surface area contributed by atoms with Crippen LogP contribution in [0.5, 0.6) is 11.5 Å². The highest BCUT2D eigenvalue weighted by molar-refractivity contribution is 6.97. The van der Waals surface area contributed by atoms with Crippen molar-refractivity contribution in [3.63, 3.8) is 0 Å². The van der Waals surface area contributed by atoms with Crippen LogP contribution >= 0.6 is 23.2 Å². The van der Waals surface area contributed by atoms with E-state index in [2.05, 4.69) is 0 Å². The highest BCUT2D eigenvalue weighted by Crippen LogP contribution is 2.23. The van der Waals surface area contributed by atoms with Crippen LogP contribution in [-0.4, -0.2) is 55.6 Å². The molecule has 5 nitrogen and oxygen atoms in total. The second kappa shape index (κ2) is 11.4. The average Bonchev–Trinajstić information content (AvgIpc) is 2.78. The number of rotatable bonds is 12. The van der Waals surface area contributed by atoms with Crippen molar-refractivity contribution in [2.45, 2.75) is 13.8 Å². The third kappa shape index (κ3) is 5.55. The van der Waals surface area contributed by atoms with E-state index < -0.39 is 17.1 Å². The summed E-state index contributed by atoms with van der Waals surface area (Å²) in [5.41, 5.74) is 0.421. The Bertz CT molecular complexity index is 684. The number of alkyl halides is 2. The lowest BCUT2D eigenvalue weighted by Crippen LogP contribution is -2.68. The van der Waals surface area contributed by atoms with Crippen LogP contribution in [0.2, 0.25) is 0 Å². The molecular formula is C20H28Cl2O5Si2. The first-order chi connectivity index (χ1) is 14.0. The highest BCUT2D eigenvalue weighted by atomic mass is 35.5. The number of methoxy groups -OCH3 is 2. The molecule has 0 spiro atoms. The van der Waals surface area contributed by atoms with Gasteiger partial charge in [-0.05, 0) is 48.5 Å². The first-order valence-corrected chi connectivity index (χ1v) is 14.5. The van der Waals surface area contributed by atoms with Gasteiger partial charge in [-0.1, -0.05) is 24.3 Å². The highest BCUT2D eigenvalue weighted by Gasteiger charge is 2.51. The minimum atomic E-state index is -3.05. The van der Waals surface area contributed by atoms with E-state index in [0.717, 1.165) is 21.9 Å². The number of hydrogen-bond acceptors (Lipinski definition) is 5. The Balaban J connectivity index is 2.53. The standard InChI is InChI=1S/C20H28Cl2O5Si2/c1-5-25-28(15-21,19-11-7-17(23-3)8-12-19)27-29(16-22,26-6-2)20-13-9-18(24-4)10-14-20/h7-14H,5-6,15-16H2,1-4H3. The Hall–Kier alpha value is -1.07.